The number of methoxy groups -OCH3 is 1. The zero-order chi connectivity index (χ0) is 27.6. The van der Waals surface area contributed by atoms with Crippen molar-refractivity contribution in [2.45, 2.75) is 45.7 Å². The molecule has 0 bridgehead atoms. The number of Topliss-reactive ketones (excluding diaryl/α,β-unsaturated/α-hetero) is 1. The molecule has 1 N–H and O–H groups in total. The lowest BCUT2D eigenvalue weighted by Crippen LogP contribution is -2.29. The highest BCUT2D eigenvalue weighted by Gasteiger charge is 2.46. The van der Waals surface area contributed by atoms with E-state index in [1.54, 1.807) is 25.3 Å². The summed E-state index contributed by atoms with van der Waals surface area (Å²) in [7, 11) is 1.57. The Kier molecular flexibility index (Phi) is 7.83. The molecule has 1 saturated heterocycles. The van der Waals surface area contributed by atoms with Gasteiger partial charge in [0, 0.05) is 12.1 Å². The Morgan fingerprint density at radius 2 is 1.71 bits per heavy atom. The average Bonchev–Trinajstić information content (AvgIpc) is 3.14. The maximum Gasteiger partial charge on any atom is 0.295 e. The molecule has 6 nitrogen and oxygen atoms in total. The number of amides is 1. The average molecular weight is 534 g/mol. The Balaban J connectivity index is 1.88. The first-order chi connectivity index (χ1) is 18.0. The number of ketones is 1. The second kappa shape index (κ2) is 10.9. The van der Waals surface area contributed by atoms with Crippen molar-refractivity contribution in [2.24, 2.45) is 0 Å². The Bertz CT molecular complexity index is 1390. The highest BCUT2D eigenvalue weighted by atomic mass is 35.5. The molecule has 1 fully saturated rings. The molecule has 1 aliphatic heterocycles. The molecule has 1 heterocycles. The van der Waals surface area contributed by atoms with E-state index in [1.165, 1.54) is 4.90 Å². The summed E-state index contributed by atoms with van der Waals surface area (Å²) in [6.45, 7) is 8.77. The van der Waals surface area contributed by atoms with E-state index in [0.717, 1.165) is 11.1 Å². The molecule has 38 heavy (non-hydrogen) atoms. The van der Waals surface area contributed by atoms with E-state index in [-0.39, 0.29) is 33.9 Å². The Morgan fingerprint density at radius 3 is 2.34 bits per heavy atom. The number of hydrogen-bond donors (Lipinski definition) is 1. The van der Waals surface area contributed by atoms with Crippen molar-refractivity contribution >= 4 is 29.1 Å². The van der Waals surface area contributed by atoms with Crippen molar-refractivity contribution < 1.29 is 24.2 Å². The number of aliphatic hydroxyl groups is 1. The maximum atomic E-state index is 13.5. The lowest BCUT2D eigenvalue weighted by Gasteiger charge is -2.27. The maximum absolute atomic E-state index is 13.5. The normalized spacial score (nSPS) is 17.1. The van der Waals surface area contributed by atoms with E-state index < -0.39 is 17.7 Å². The number of likely N-dealkylation sites (tertiary alicyclic amines) is 1. The molecule has 0 aromatic heterocycles. The van der Waals surface area contributed by atoms with Crippen LogP contribution in [0.3, 0.4) is 0 Å². The molecule has 3 aromatic rings. The molecule has 0 radical (unpaired) electrons. The molecule has 3 aromatic carbocycles. The quantitative estimate of drug-likeness (QED) is 0.208. The van der Waals surface area contributed by atoms with Gasteiger partial charge in [-0.15, -0.1) is 0 Å². The number of aliphatic hydroxyl groups excluding tert-OH is 1. The Morgan fingerprint density at radius 1 is 1.00 bits per heavy atom. The van der Waals surface area contributed by atoms with Gasteiger partial charge in [0.15, 0.2) is 0 Å². The van der Waals surface area contributed by atoms with Crippen LogP contribution in [0, 0.1) is 0 Å². The largest absolute Gasteiger partial charge is 0.507 e. The second-order valence-corrected chi connectivity index (χ2v) is 10.6. The highest BCUT2D eigenvalue weighted by Crippen LogP contribution is 2.42. The van der Waals surface area contributed by atoms with Crippen molar-refractivity contribution in [3.63, 3.8) is 0 Å². The minimum atomic E-state index is -0.818. The molecule has 0 aliphatic carbocycles. The summed E-state index contributed by atoms with van der Waals surface area (Å²) >= 11 is 6.44. The summed E-state index contributed by atoms with van der Waals surface area (Å²) < 4.78 is 10.9. The van der Waals surface area contributed by atoms with E-state index in [9.17, 15) is 14.7 Å². The van der Waals surface area contributed by atoms with E-state index >= 15 is 0 Å². The number of carbonyl (C=O) groups is 2. The summed E-state index contributed by atoms with van der Waals surface area (Å²) in [5.74, 6) is -0.669. The van der Waals surface area contributed by atoms with Crippen LogP contribution in [0.4, 0.5) is 0 Å². The number of benzene rings is 3. The fraction of sp³-hybridized carbons (Fsp3) is 0.290. The topological polar surface area (TPSA) is 76.1 Å². The summed E-state index contributed by atoms with van der Waals surface area (Å²) in [5.41, 5.74) is 2.75. The summed E-state index contributed by atoms with van der Waals surface area (Å²) in [6, 6.07) is 19.2. The predicted molar refractivity (Wildman–Crippen MR) is 149 cm³/mol. The van der Waals surface area contributed by atoms with Crippen LogP contribution in [0.25, 0.3) is 5.76 Å². The van der Waals surface area contributed by atoms with Gasteiger partial charge in [0.2, 0.25) is 0 Å². The van der Waals surface area contributed by atoms with Crippen LogP contribution >= 0.6 is 11.6 Å². The fourth-order valence-corrected chi connectivity index (χ4v) is 4.82. The molecular formula is C31H32ClNO5. The van der Waals surface area contributed by atoms with Crippen molar-refractivity contribution in [1.82, 2.24) is 4.90 Å². The van der Waals surface area contributed by atoms with Crippen LogP contribution in [0.15, 0.2) is 72.3 Å². The van der Waals surface area contributed by atoms with Crippen LogP contribution in [0.1, 0.15) is 56.0 Å². The number of nitrogens with zero attached hydrogens (tertiary/aromatic N) is 1. The molecule has 1 amide bonds. The van der Waals surface area contributed by atoms with E-state index in [4.69, 9.17) is 21.1 Å². The summed E-state index contributed by atoms with van der Waals surface area (Å²) in [4.78, 5) is 28.4. The number of ether oxygens (including phenoxy) is 2. The van der Waals surface area contributed by atoms with Crippen molar-refractivity contribution in [2.75, 3.05) is 13.7 Å². The van der Waals surface area contributed by atoms with Gasteiger partial charge in [-0.3, -0.25) is 9.59 Å². The Labute approximate surface area is 228 Å². The van der Waals surface area contributed by atoms with E-state index in [2.05, 4.69) is 20.8 Å². The molecule has 198 valence electrons. The zero-order valence-corrected chi connectivity index (χ0v) is 23.0. The third-order valence-corrected chi connectivity index (χ3v) is 6.95. The molecule has 4 rings (SSSR count). The Hall–Kier alpha value is -3.77. The van der Waals surface area contributed by atoms with Crippen LogP contribution in [0.5, 0.6) is 11.5 Å². The summed E-state index contributed by atoms with van der Waals surface area (Å²) in [5, 5.41) is 11.7. The van der Waals surface area contributed by atoms with Gasteiger partial charge in [-0.2, -0.15) is 0 Å². The SMILES string of the molecule is CCOc1ccc(Cl)c(/C(O)=C2\C(=O)C(=O)N(Cc3cccc(OC)c3)C2c2ccc(C(C)(C)C)cc2)c1. The number of hydrogen-bond acceptors (Lipinski definition) is 5. The number of rotatable bonds is 7. The lowest BCUT2D eigenvalue weighted by molar-refractivity contribution is -0.140. The van der Waals surface area contributed by atoms with Crippen molar-refractivity contribution in [3.05, 3.63) is 99.6 Å². The van der Waals surface area contributed by atoms with Gasteiger partial charge in [-0.05, 0) is 59.4 Å². The highest BCUT2D eigenvalue weighted by molar-refractivity contribution is 6.47. The first-order valence-electron chi connectivity index (χ1n) is 12.5. The van der Waals surface area contributed by atoms with Crippen molar-refractivity contribution in [3.8, 4) is 11.5 Å². The summed E-state index contributed by atoms with van der Waals surface area (Å²) in [6.07, 6.45) is 0. The minimum absolute atomic E-state index is 0.0167. The lowest BCUT2D eigenvalue weighted by atomic mass is 9.85. The first-order valence-corrected chi connectivity index (χ1v) is 12.9. The fourth-order valence-electron chi connectivity index (χ4n) is 4.61. The van der Waals surface area contributed by atoms with Gasteiger partial charge >= 0.3 is 0 Å². The molecule has 1 atom stereocenters. The molecule has 7 heteroatoms. The third-order valence-electron chi connectivity index (χ3n) is 6.62. The van der Waals surface area contributed by atoms with E-state index in [0.29, 0.717) is 23.7 Å². The third kappa shape index (κ3) is 5.41. The second-order valence-electron chi connectivity index (χ2n) is 10.2. The van der Waals surface area contributed by atoms with Crippen LogP contribution in [-0.2, 0) is 21.5 Å². The molecule has 1 aliphatic rings. The monoisotopic (exact) mass is 533 g/mol. The van der Waals surface area contributed by atoms with Crippen LogP contribution in [-0.4, -0.2) is 35.4 Å². The molecule has 1 unspecified atom stereocenters. The zero-order valence-electron chi connectivity index (χ0n) is 22.2. The van der Waals surface area contributed by atoms with Gasteiger partial charge < -0.3 is 19.5 Å². The minimum Gasteiger partial charge on any atom is -0.507 e. The van der Waals surface area contributed by atoms with Crippen molar-refractivity contribution in [1.29, 1.82) is 0 Å². The predicted octanol–water partition coefficient (Wildman–Crippen LogP) is 6.67. The van der Waals surface area contributed by atoms with Crippen LogP contribution in [0.2, 0.25) is 5.02 Å². The van der Waals surface area contributed by atoms with E-state index in [1.807, 2.05) is 55.5 Å². The molecule has 0 spiro atoms. The standard InChI is InChI=1S/C31H32ClNO5/c1-6-38-23-14-15-25(32)24(17-23)28(34)26-27(20-10-12-21(13-11-20)31(2,3)4)33(30(36)29(26)35)18-19-8-7-9-22(16-19)37-5/h7-17,27,34H,6,18H2,1-5H3/b28-26+. The number of halogens is 1. The van der Waals surface area contributed by atoms with Crippen LogP contribution < -0.4 is 9.47 Å². The first kappa shape index (κ1) is 27.3. The smallest absolute Gasteiger partial charge is 0.295 e. The molecular weight excluding hydrogens is 502 g/mol. The van der Waals surface area contributed by atoms with Gasteiger partial charge in [0.25, 0.3) is 11.7 Å². The van der Waals surface area contributed by atoms with Gasteiger partial charge in [0.05, 0.1) is 30.4 Å². The number of carbonyl (C=O) groups excluding carboxylic acids is 2. The van der Waals surface area contributed by atoms with Gasteiger partial charge in [-0.25, -0.2) is 0 Å². The molecule has 0 saturated carbocycles. The van der Waals surface area contributed by atoms with Gasteiger partial charge in [0.1, 0.15) is 17.3 Å². The van der Waals surface area contributed by atoms with Gasteiger partial charge in [-0.1, -0.05) is 68.8 Å².